The molecule has 1 aromatic rings. The summed E-state index contributed by atoms with van der Waals surface area (Å²) in [6.45, 7) is 6.87. The molecule has 1 fully saturated rings. The average molecular weight is 280 g/mol. The molecule has 0 saturated carbocycles. The zero-order chi connectivity index (χ0) is 14.4. The van der Waals surface area contributed by atoms with Crippen LogP contribution in [0.5, 0.6) is 0 Å². The highest BCUT2D eigenvalue weighted by Crippen LogP contribution is 2.20. The highest BCUT2D eigenvalue weighted by atomic mass is 16.5. The maximum atomic E-state index is 12.0. The second-order valence-electron chi connectivity index (χ2n) is 5.13. The molecule has 1 atom stereocenters. The van der Waals surface area contributed by atoms with Crippen LogP contribution < -0.4 is 0 Å². The first-order valence-electron chi connectivity index (χ1n) is 7.53. The van der Waals surface area contributed by atoms with Crippen LogP contribution in [0.3, 0.4) is 0 Å². The Labute approximate surface area is 120 Å². The fraction of sp³-hybridized carbons (Fsp3) is 0.786. The van der Waals surface area contributed by atoms with Crippen molar-refractivity contribution in [1.29, 1.82) is 0 Å². The number of rotatable bonds is 6. The fourth-order valence-electron chi connectivity index (χ4n) is 2.68. The number of hydrogen-bond donors (Lipinski definition) is 0. The van der Waals surface area contributed by atoms with Crippen molar-refractivity contribution in [2.45, 2.75) is 58.7 Å². The zero-order valence-electron chi connectivity index (χ0n) is 12.4. The number of piperidine rings is 1. The first-order valence-corrected chi connectivity index (χ1v) is 7.53. The van der Waals surface area contributed by atoms with E-state index < -0.39 is 0 Å². The smallest absolute Gasteiger partial charge is 0.323 e. The molecule has 112 valence electrons. The summed E-state index contributed by atoms with van der Waals surface area (Å²) in [5.41, 5.74) is 0. The Hall–Kier alpha value is -1.43. The number of carbonyl (C=O) groups excluding carboxylic acids is 1. The summed E-state index contributed by atoms with van der Waals surface area (Å²) in [5.74, 6) is 0.830. The predicted octanol–water partition coefficient (Wildman–Crippen LogP) is 1.61. The number of esters is 1. The lowest BCUT2D eigenvalue weighted by molar-refractivity contribution is -0.151. The van der Waals surface area contributed by atoms with Gasteiger partial charge < -0.3 is 4.74 Å². The van der Waals surface area contributed by atoms with Gasteiger partial charge >= 0.3 is 5.97 Å². The minimum Gasteiger partial charge on any atom is -0.465 e. The van der Waals surface area contributed by atoms with Crippen LogP contribution in [0.15, 0.2) is 6.33 Å². The summed E-state index contributed by atoms with van der Waals surface area (Å²) >= 11 is 0. The van der Waals surface area contributed by atoms with Crippen LogP contribution >= 0.6 is 0 Å². The molecule has 1 aliphatic heterocycles. The summed E-state index contributed by atoms with van der Waals surface area (Å²) in [4.78, 5) is 18.5. The summed E-state index contributed by atoms with van der Waals surface area (Å²) in [5, 5.41) is 4.24. The second kappa shape index (κ2) is 7.38. The van der Waals surface area contributed by atoms with Crippen LogP contribution in [-0.4, -0.2) is 44.8 Å². The molecule has 0 amide bonds. The third kappa shape index (κ3) is 3.56. The van der Waals surface area contributed by atoms with Crippen LogP contribution in [-0.2, 0) is 22.6 Å². The normalized spacial score (nSPS) is 20.0. The summed E-state index contributed by atoms with van der Waals surface area (Å²) in [6, 6.07) is -0.129. The molecule has 0 aliphatic carbocycles. The van der Waals surface area contributed by atoms with Gasteiger partial charge in [0.25, 0.3) is 0 Å². The minimum absolute atomic E-state index is 0.103. The third-order valence-corrected chi connectivity index (χ3v) is 3.65. The van der Waals surface area contributed by atoms with Crippen molar-refractivity contribution < 1.29 is 9.53 Å². The summed E-state index contributed by atoms with van der Waals surface area (Å²) in [6.07, 6.45) is 5.70. The molecule has 0 aromatic carbocycles. The van der Waals surface area contributed by atoms with Crippen LogP contribution in [0.25, 0.3) is 0 Å². The number of hydrogen-bond acceptors (Lipinski definition) is 5. The van der Waals surface area contributed by atoms with Gasteiger partial charge in [-0.05, 0) is 32.7 Å². The lowest BCUT2D eigenvalue weighted by Crippen LogP contribution is -2.45. The molecular weight excluding hydrogens is 256 g/mol. The molecule has 2 heterocycles. The lowest BCUT2D eigenvalue weighted by Gasteiger charge is -2.33. The fourth-order valence-corrected chi connectivity index (χ4v) is 2.68. The van der Waals surface area contributed by atoms with Crippen molar-refractivity contribution in [2.75, 3.05) is 13.2 Å². The van der Waals surface area contributed by atoms with Crippen molar-refractivity contribution in [1.82, 2.24) is 19.7 Å². The predicted molar refractivity (Wildman–Crippen MR) is 75.0 cm³/mol. The number of nitrogens with zero attached hydrogens (tertiary/aromatic N) is 4. The Morgan fingerprint density at radius 3 is 3.05 bits per heavy atom. The monoisotopic (exact) mass is 280 g/mol. The molecule has 2 rings (SSSR count). The van der Waals surface area contributed by atoms with Crippen molar-refractivity contribution in [3.05, 3.63) is 12.2 Å². The molecule has 20 heavy (non-hydrogen) atoms. The van der Waals surface area contributed by atoms with Crippen molar-refractivity contribution in [3.63, 3.8) is 0 Å². The Kier molecular flexibility index (Phi) is 5.52. The number of aromatic nitrogens is 3. The van der Waals surface area contributed by atoms with Gasteiger partial charge in [0.05, 0.1) is 13.2 Å². The lowest BCUT2D eigenvalue weighted by atomic mass is 10.0. The number of ether oxygens (including phenoxy) is 1. The molecule has 0 radical (unpaired) electrons. The van der Waals surface area contributed by atoms with E-state index in [2.05, 4.69) is 21.9 Å². The van der Waals surface area contributed by atoms with E-state index in [-0.39, 0.29) is 12.0 Å². The Bertz CT molecular complexity index is 433. The molecule has 1 aliphatic rings. The average Bonchev–Trinajstić information content (AvgIpc) is 2.87. The zero-order valence-corrected chi connectivity index (χ0v) is 12.4. The number of likely N-dealkylation sites (tertiary alicyclic amines) is 1. The topological polar surface area (TPSA) is 60.2 Å². The van der Waals surface area contributed by atoms with Crippen LogP contribution in [0.2, 0.25) is 0 Å². The van der Waals surface area contributed by atoms with Crippen LogP contribution in [0.1, 0.15) is 45.4 Å². The van der Waals surface area contributed by atoms with E-state index in [4.69, 9.17) is 4.74 Å². The van der Waals surface area contributed by atoms with E-state index >= 15 is 0 Å². The molecule has 1 unspecified atom stereocenters. The molecule has 6 heteroatoms. The van der Waals surface area contributed by atoms with Gasteiger partial charge in [-0.25, -0.2) is 9.67 Å². The third-order valence-electron chi connectivity index (χ3n) is 3.65. The van der Waals surface area contributed by atoms with Gasteiger partial charge in [0, 0.05) is 6.54 Å². The van der Waals surface area contributed by atoms with E-state index in [1.165, 1.54) is 0 Å². The van der Waals surface area contributed by atoms with E-state index in [1.54, 1.807) is 6.33 Å². The Morgan fingerprint density at radius 1 is 1.45 bits per heavy atom. The standard InChI is InChI=1S/C14H24N4O2/c1-3-8-18-13(15-11-16-18)10-17-9-6-5-7-12(17)14(19)20-4-2/h11-12H,3-10H2,1-2H3. The van der Waals surface area contributed by atoms with E-state index in [0.29, 0.717) is 13.2 Å². The Morgan fingerprint density at radius 2 is 2.30 bits per heavy atom. The highest BCUT2D eigenvalue weighted by Gasteiger charge is 2.30. The molecular formula is C14H24N4O2. The Balaban J connectivity index is 2.04. The van der Waals surface area contributed by atoms with Crippen molar-refractivity contribution in [3.8, 4) is 0 Å². The molecule has 1 aromatic heterocycles. The van der Waals surface area contributed by atoms with Crippen LogP contribution in [0, 0.1) is 0 Å². The summed E-state index contributed by atoms with van der Waals surface area (Å²) in [7, 11) is 0. The minimum atomic E-state index is -0.129. The highest BCUT2D eigenvalue weighted by molar-refractivity contribution is 5.75. The van der Waals surface area contributed by atoms with Crippen molar-refractivity contribution >= 4 is 5.97 Å². The number of carbonyl (C=O) groups is 1. The first-order chi connectivity index (χ1) is 9.76. The molecule has 6 nitrogen and oxygen atoms in total. The molecule has 0 bridgehead atoms. The molecule has 0 spiro atoms. The SMILES string of the molecule is CCCn1ncnc1CN1CCCCC1C(=O)OCC. The maximum Gasteiger partial charge on any atom is 0.323 e. The maximum absolute atomic E-state index is 12.0. The van der Waals surface area contributed by atoms with Gasteiger partial charge in [-0.1, -0.05) is 13.3 Å². The van der Waals surface area contributed by atoms with Crippen LogP contribution in [0.4, 0.5) is 0 Å². The van der Waals surface area contributed by atoms with E-state index in [0.717, 1.165) is 44.6 Å². The molecule has 1 saturated heterocycles. The van der Waals surface area contributed by atoms with Gasteiger partial charge in [0.2, 0.25) is 0 Å². The molecule has 0 N–H and O–H groups in total. The van der Waals surface area contributed by atoms with E-state index in [9.17, 15) is 4.79 Å². The van der Waals surface area contributed by atoms with Gasteiger partial charge in [-0.15, -0.1) is 0 Å². The quantitative estimate of drug-likeness (QED) is 0.741. The second-order valence-corrected chi connectivity index (χ2v) is 5.13. The number of aryl methyl sites for hydroxylation is 1. The largest absolute Gasteiger partial charge is 0.465 e. The van der Waals surface area contributed by atoms with Gasteiger partial charge in [-0.3, -0.25) is 9.69 Å². The van der Waals surface area contributed by atoms with E-state index in [1.807, 2.05) is 11.6 Å². The summed E-state index contributed by atoms with van der Waals surface area (Å²) < 4.78 is 7.11. The van der Waals surface area contributed by atoms with Gasteiger partial charge in [-0.2, -0.15) is 5.10 Å². The first kappa shape index (κ1) is 15.0. The van der Waals surface area contributed by atoms with Gasteiger partial charge in [0.1, 0.15) is 18.2 Å². The van der Waals surface area contributed by atoms with Gasteiger partial charge in [0.15, 0.2) is 0 Å². The van der Waals surface area contributed by atoms with Crippen molar-refractivity contribution in [2.24, 2.45) is 0 Å².